The Bertz CT molecular complexity index is 524. The second-order valence-electron chi connectivity index (χ2n) is 4.02. The Labute approximate surface area is 110 Å². The Hall–Kier alpha value is -1.72. The lowest BCUT2D eigenvalue weighted by atomic mass is 10.2. The standard InChI is InChI=1S/C13H15N3OS/c1-9(12-4-2-3-5-15-12)16-7-11-6-10(8-18-11)13(14)17/h2-6,8-9,16H,7H2,1H3,(H2,14,17)/t9-/m0/s1. The van der Waals surface area contributed by atoms with Crippen molar-refractivity contribution in [3.63, 3.8) is 0 Å². The molecule has 2 aromatic rings. The van der Waals surface area contributed by atoms with Crippen molar-refractivity contribution >= 4 is 17.2 Å². The van der Waals surface area contributed by atoms with Crippen LogP contribution in [0, 0.1) is 0 Å². The smallest absolute Gasteiger partial charge is 0.249 e. The van der Waals surface area contributed by atoms with Crippen LogP contribution >= 0.6 is 11.3 Å². The SMILES string of the molecule is C[C@H](NCc1cc(C(N)=O)cs1)c1ccccn1. The molecular formula is C13H15N3OS. The third-order valence-electron chi connectivity index (χ3n) is 2.65. The minimum atomic E-state index is -0.379. The van der Waals surface area contributed by atoms with Gasteiger partial charge in [0.1, 0.15) is 0 Å². The van der Waals surface area contributed by atoms with Gasteiger partial charge in [0.25, 0.3) is 0 Å². The highest BCUT2D eigenvalue weighted by Crippen LogP contribution is 2.16. The fourth-order valence-corrected chi connectivity index (χ4v) is 2.42. The van der Waals surface area contributed by atoms with E-state index in [0.717, 1.165) is 10.6 Å². The second kappa shape index (κ2) is 5.75. The zero-order valence-corrected chi connectivity index (χ0v) is 10.9. The number of pyridine rings is 1. The van der Waals surface area contributed by atoms with Gasteiger partial charge in [-0.1, -0.05) is 6.07 Å². The number of nitrogens with two attached hydrogens (primary N) is 1. The lowest BCUT2D eigenvalue weighted by Crippen LogP contribution is -2.18. The molecule has 0 unspecified atom stereocenters. The van der Waals surface area contributed by atoms with E-state index in [0.29, 0.717) is 12.1 Å². The summed E-state index contributed by atoms with van der Waals surface area (Å²) in [6.07, 6.45) is 1.78. The van der Waals surface area contributed by atoms with Crippen molar-refractivity contribution in [2.45, 2.75) is 19.5 Å². The Morgan fingerprint density at radius 2 is 2.39 bits per heavy atom. The fraction of sp³-hybridized carbons (Fsp3) is 0.231. The average molecular weight is 261 g/mol. The van der Waals surface area contributed by atoms with Gasteiger partial charge in [-0.2, -0.15) is 0 Å². The fourth-order valence-electron chi connectivity index (χ4n) is 1.59. The van der Waals surface area contributed by atoms with Gasteiger partial charge in [-0.15, -0.1) is 11.3 Å². The Kier molecular flexibility index (Phi) is 4.07. The van der Waals surface area contributed by atoms with E-state index in [1.54, 1.807) is 11.6 Å². The maximum Gasteiger partial charge on any atom is 0.249 e. The summed E-state index contributed by atoms with van der Waals surface area (Å²) >= 11 is 1.53. The van der Waals surface area contributed by atoms with E-state index in [4.69, 9.17) is 5.73 Å². The van der Waals surface area contributed by atoms with Crippen LogP contribution in [0.5, 0.6) is 0 Å². The van der Waals surface area contributed by atoms with E-state index in [2.05, 4.69) is 17.2 Å². The zero-order chi connectivity index (χ0) is 13.0. The summed E-state index contributed by atoms with van der Waals surface area (Å²) in [4.78, 5) is 16.4. The topological polar surface area (TPSA) is 68.0 Å². The number of rotatable bonds is 5. The minimum absolute atomic E-state index is 0.172. The molecule has 4 nitrogen and oxygen atoms in total. The van der Waals surface area contributed by atoms with Gasteiger partial charge < -0.3 is 11.1 Å². The Morgan fingerprint density at radius 3 is 3.00 bits per heavy atom. The van der Waals surface area contributed by atoms with E-state index < -0.39 is 0 Å². The van der Waals surface area contributed by atoms with Gasteiger partial charge in [0.2, 0.25) is 5.91 Å². The van der Waals surface area contributed by atoms with E-state index in [1.165, 1.54) is 11.3 Å². The van der Waals surface area contributed by atoms with Crippen molar-refractivity contribution in [1.82, 2.24) is 10.3 Å². The summed E-state index contributed by atoms with van der Waals surface area (Å²) in [6, 6.07) is 7.85. The van der Waals surface area contributed by atoms with Crippen LogP contribution in [0.25, 0.3) is 0 Å². The molecule has 2 heterocycles. The van der Waals surface area contributed by atoms with Crippen LogP contribution in [-0.4, -0.2) is 10.9 Å². The molecule has 3 N–H and O–H groups in total. The quantitative estimate of drug-likeness (QED) is 0.866. The normalized spacial score (nSPS) is 12.3. The van der Waals surface area contributed by atoms with Crippen molar-refractivity contribution in [1.29, 1.82) is 0 Å². The number of primary amides is 1. The molecule has 2 rings (SSSR count). The lowest BCUT2D eigenvalue weighted by molar-refractivity contribution is 0.100. The van der Waals surface area contributed by atoms with E-state index >= 15 is 0 Å². The third-order valence-corrected chi connectivity index (χ3v) is 3.59. The van der Waals surface area contributed by atoms with Gasteiger partial charge in [0.05, 0.1) is 11.3 Å². The molecule has 18 heavy (non-hydrogen) atoms. The number of carbonyl (C=O) groups is 1. The molecule has 0 saturated heterocycles. The summed E-state index contributed by atoms with van der Waals surface area (Å²) in [5, 5.41) is 5.15. The van der Waals surface area contributed by atoms with Crippen LogP contribution in [0.2, 0.25) is 0 Å². The van der Waals surface area contributed by atoms with Gasteiger partial charge in [-0.05, 0) is 25.1 Å². The number of nitrogens with zero attached hydrogens (tertiary/aromatic N) is 1. The molecule has 1 atom stereocenters. The molecule has 0 saturated carbocycles. The molecule has 0 radical (unpaired) electrons. The third kappa shape index (κ3) is 3.15. The summed E-state index contributed by atoms with van der Waals surface area (Å²) in [5.74, 6) is -0.379. The molecule has 0 bridgehead atoms. The van der Waals surface area contributed by atoms with Crippen LogP contribution in [-0.2, 0) is 6.54 Å². The van der Waals surface area contributed by atoms with Crippen molar-refractivity contribution in [3.8, 4) is 0 Å². The molecule has 1 amide bonds. The summed E-state index contributed by atoms with van der Waals surface area (Å²) in [7, 11) is 0. The van der Waals surface area contributed by atoms with Crippen LogP contribution in [0.1, 0.15) is 33.9 Å². The molecule has 94 valence electrons. The van der Waals surface area contributed by atoms with E-state index in [-0.39, 0.29) is 11.9 Å². The van der Waals surface area contributed by atoms with Crippen LogP contribution in [0.15, 0.2) is 35.8 Å². The monoisotopic (exact) mass is 261 g/mol. The lowest BCUT2D eigenvalue weighted by Gasteiger charge is -2.11. The maximum atomic E-state index is 11.0. The molecular weight excluding hydrogens is 246 g/mol. The first-order chi connectivity index (χ1) is 8.66. The number of amides is 1. The number of thiophene rings is 1. The predicted octanol–water partition coefficient (Wildman–Crippen LogP) is 2.09. The molecule has 0 aromatic carbocycles. The summed E-state index contributed by atoms with van der Waals surface area (Å²) in [5.41, 5.74) is 6.79. The van der Waals surface area contributed by atoms with Gasteiger partial charge in [-0.25, -0.2) is 0 Å². The molecule has 2 aromatic heterocycles. The molecule has 0 spiro atoms. The van der Waals surface area contributed by atoms with Crippen LogP contribution < -0.4 is 11.1 Å². The van der Waals surface area contributed by atoms with E-state index in [9.17, 15) is 4.79 Å². The second-order valence-corrected chi connectivity index (χ2v) is 5.02. The molecule has 0 fully saturated rings. The highest BCUT2D eigenvalue weighted by atomic mass is 32.1. The number of hydrogen-bond acceptors (Lipinski definition) is 4. The number of nitrogens with one attached hydrogen (secondary N) is 1. The predicted molar refractivity (Wildman–Crippen MR) is 72.3 cm³/mol. The Morgan fingerprint density at radius 1 is 1.56 bits per heavy atom. The number of carbonyl (C=O) groups excluding carboxylic acids is 1. The van der Waals surface area contributed by atoms with Gasteiger partial charge in [-0.3, -0.25) is 9.78 Å². The van der Waals surface area contributed by atoms with Crippen molar-refractivity contribution in [3.05, 3.63) is 52.0 Å². The number of aromatic nitrogens is 1. The van der Waals surface area contributed by atoms with Crippen molar-refractivity contribution in [2.75, 3.05) is 0 Å². The van der Waals surface area contributed by atoms with E-state index in [1.807, 2.05) is 24.3 Å². The molecule has 0 aliphatic carbocycles. The molecule has 0 aliphatic heterocycles. The van der Waals surface area contributed by atoms with Crippen molar-refractivity contribution in [2.24, 2.45) is 5.73 Å². The molecule has 0 aliphatic rings. The van der Waals surface area contributed by atoms with Gasteiger partial charge in [0.15, 0.2) is 0 Å². The number of hydrogen-bond donors (Lipinski definition) is 2. The van der Waals surface area contributed by atoms with Gasteiger partial charge >= 0.3 is 0 Å². The first-order valence-electron chi connectivity index (χ1n) is 5.68. The highest BCUT2D eigenvalue weighted by Gasteiger charge is 2.08. The van der Waals surface area contributed by atoms with Gasteiger partial charge in [0, 0.05) is 29.0 Å². The minimum Gasteiger partial charge on any atom is -0.366 e. The maximum absolute atomic E-state index is 11.0. The van der Waals surface area contributed by atoms with Crippen LogP contribution in [0.3, 0.4) is 0 Å². The molecule has 5 heteroatoms. The summed E-state index contributed by atoms with van der Waals surface area (Å²) < 4.78 is 0. The zero-order valence-electron chi connectivity index (χ0n) is 10.1. The largest absolute Gasteiger partial charge is 0.366 e. The summed E-state index contributed by atoms with van der Waals surface area (Å²) in [6.45, 7) is 2.76. The van der Waals surface area contributed by atoms with Crippen LogP contribution in [0.4, 0.5) is 0 Å². The first kappa shape index (κ1) is 12.7. The Balaban J connectivity index is 1.93. The highest BCUT2D eigenvalue weighted by molar-refractivity contribution is 7.10. The first-order valence-corrected chi connectivity index (χ1v) is 6.56. The average Bonchev–Trinajstić information content (AvgIpc) is 2.86. The van der Waals surface area contributed by atoms with Crippen molar-refractivity contribution < 1.29 is 4.79 Å².